The Balaban J connectivity index is 1.60. The summed E-state index contributed by atoms with van der Waals surface area (Å²) in [5.74, 6) is -0.0267. The van der Waals surface area contributed by atoms with Gasteiger partial charge in [-0.2, -0.15) is 0 Å². The Bertz CT molecular complexity index is 596. The molecule has 1 unspecified atom stereocenters. The second kappa shape index (κ2) is 7.79. The number of fused-ring (bicyclic) bond motifs is 1. The molecule has 1 saturated heterocycles. The van der Waals surface area contributed by atoms with E-state index in [1.807, 2.05) is 31.2 Å². The third-order valence-electron chi connectivity index (χ3n) is 5.03. The fraction of sp³-hybridized carbons (Fsp3) is 0.579. The molecule has 3 rings (SSSR count). The molecule has 2 amide bonds. The van der Waals surface area contributed by atoms with Gasteiger partial charge < -0.3 is 10.2 Å². The van der Waals surface area contributed by atoms with Crippen LogP contribution in [0, 0.1) is 0 Å². The van der Waals surface area contributed by atoms with Crippen LogP contribution < -0.4 is 10.2 Å². The summed E-state index contributed by atoms with van der Waals surface area (Å²) in [5.41, 5.74) is 1.97. The Kier molecular flexibility index (Phi) is 5.51. The Morgan fingerprint density at radius 2 is 1.92 bits per heavy atom. The van der Waals surface area contributed by atoms with Crippen molar-refractivity contribution < 1.29 is 9.59 Å². The molecule has 2 aliphatic heterocycles. The van der Waals surface area contributed by atoms with Crippen molar-refractivity contribution in [2.24, 2.45) is 0 Å². The van der Waals surface area contributed by atoms with Crippen molar-refractivity contribution in [3.05, 3.63) is 29.8 Å². The lowest BCUT2D eigenvalue weighted by Crippen LogP contribution is -2.49. The molecule has 0 bridgehead atoms. The van der Waals surface area contributed by atoms with E-state index >= 15 is 0 Å². The molecule has 1 aromatic rings. The highest BCUT2D eigenvalue weighted by Crippen LogP contribution is 2.32. The molecule has 5 heteroatoms. The van der Waals surface area contributed by atoms with Crippen LogP contribution in [0.2, 0.25) is 0 Å². The molecule has 2 aliphatic rings. The number of nitrogens with zero attached hydrogens (tertiary/aromatic N) is 2. The van der Waals surface area contributed by atoms with Gasteiger partial charge in [-0.1, -0.05) is 31.5 Å². The second-order valence-electron chi connectivity index (χ2n) is 6.66. The van der Waals surface area contributed by atoms with Gasteiger partial charge in [-0.25, -0.2) is 0 Å². The van der Waals surface area contributed by atoms with Gasteiger partial charge >= 0.3 is 0 Å². The normalized spacial score (nSPS) is 20.7. The summed E-state index contributed by atoms with van der Waals surface area (Å²) in [6.07, 6.45) is 4.84. The lowest BCUT2D eigenvalue weighted by molar-refractivity contribution is -0.126. The molecule has 0 aromatic heterocycles. The van der Waals surface area contributed by atoms with Gasteiger partial charge in [0.05, 0.1) is 0 Å². The number of anilines is 1. The summed E-state index contributed by atoms with van der Waals surface area (Å²) in [6.45, 7) is 5.65. The smallest absolute Gasteiger partial charge is 0.243 e. The van der Waals surface area contributed by atoms with E-state index in [1.165, 1.54) is 19.3 Å². The van der Waals surface area contributed by atoms with E-state index < -0.39 is 6.04 Å². The molecule has 0 radical (unpaired) electrons. The van der Waals surface area contributed by atoms with Crippen LogP contribution in [-0.2, 0) is 16.0 Å². The van der Waals surface area contributed by atoms with E-state index in [0.717, 1.165) is 30.9 Å². The minimum absolute atomic E-state index is 0.0103. The summed E-state index contributed by atoms with van der Waals surface area (Å²) < 4.78 is 0. The molecular weight excluding hydrogens is 302 g/mol. The van der Waals surface area contributed by atoms with Gasteiger partial charge in [-0.05, 0) is 37.6 Å². The predicted molar refractivity (Wildman–Crippen MR) is 95.0 cm³/mol. The van der Waals surface area contributed by atoms with E-state index in [2.05, 4.69) is 10.2 Å². The number of hydrogen-bond acceptors (Lipinski definition) is 3. The van der Waals surface area contributed by atoms with Gasteiger partial charge in [0.1, 0.15) is 6.04 Å². The average Bonchev–Trinajstić information content (AvgIpc) is 3.01. The number of carbonyl (C=O) groups excluding carboxylic acids is 2. The largest absolute Gasteiger partial charge is 0.353 e. The van der Waals surface area contributed by atoms with Crippen LogP contribution >= 0.6 is 0 Å². The Labute approximate surface area is 144 Å². The first kappa shape index (κ1) is 17.0. The number of likely N-dealkylation sites (tertiary alicyclic amines) is 1. The minimum atomic E-state index is -0.406. The molecular formula is C19H27N3O2. The number of carbonyl (C=O) groups is 2. The summed E-state index contributed by atoms with van der Waals surface area (Å²) in [6, 6.07) is 7.42. The van der Waals surface area contributed by atoms with Crippen molar-refractivity contribution in [3.8, 4) is 0 Å². The summed E-state index contributed by atoms with van der Waals surface area (Å²) >= 11 is 0. The molecule has 0 saturated carbocycles. The zero-order chi connectivity index (χ0) is 16.9. The van der Waals surface area contributed by atoms with Crippen molar-refractivity contribution in [2.75, 3.05) is 31.1 Å². The molecule has 130 valence electrons. The van der Waals surface area contributed by atoms with Crippen molar-refractivity contribution in [1.82, 2.24) is 10.2 Å². The van der Waals surface area contributed by atoms with Crippen LogP contribution in [0.15, 0.2) is 24.3 Å². The van der Waals surface area contributed by atoms with Crippen LogP contribution in [-0.4, -0.2) is 48.9 Å². The molecule has 0 aliphatic carbocycles. The lowest BCUT2D eigenvalue weighted by Gasteiger charge is -2.27. The third kappa shape index (κ3) is 3.61. The molecule has 1 aromatic carbocycles. The molecule has 1 atom stereocenters. The predicted octanol–water partition coefficient (Wildman–Crippen LogP) is 1.96. The van der Waals surface area contributed by atoms with E-state index in [-0.39, 0.29) is 11.8 Å². The minimum Gasteiger partial charge on any atom is -0.353 e. The monoisotopic (exact) mass is 329 g/mol. The first-order valence-electron chi connectivity index (χ1n) is 9.10. The standard InChI is InChI=1S/C19H27N3O2/c1-2-18(23)22-16-9-5-4-8-15(16)14-17(22)19(24)20-10-13-21-11-6-3-7-12-21/h4-5,8-9,17H,2-3,6-7,10-14H2,1H3,(H,20,24). The highest BCUT2D eigenvalue weighted by Gasteiger charge is 2.37. The quantitative estimate of drug-likeness (QED) is 0.898. The van der Waals surface area contributed by atoms with Gasteiger partial charge in [0, 0.05) is 31.6 Å². The number of para-hydroxylation sites is 1. The van der Waals surface area contributed by atoms with Gasteiger partial charge in [0.25, 0.3) is 0 Å². The summed E-state index contributed by atoms with van der Waals surface area (Å²) in [5, 5.41) is 3.04. The number of nitrogens with one attached hydrogen (secondary N) is 1. The highest BCUT2D eigenvalue weighted by atomic mass is 16.2. The van der Waals surface area contributed by atoms with Crippen LogP contribution in [0.1, 0.15) is 38.2 Å². The first-order valence-corrected chi connectivity index (χ1v) is 9.10. The molecule has 0 spiro atoms. The van der Waals surface area contributed by atoms with Gasteiger partial charge in [-0.3, -0.25) is 14.5 Å². The van der Waals surface area contributed by atoms with Crippen molar-refractivity contribution >= 4 is 17.5 Å². The van der Waals surface area contributed by atoms with Crippen molar-refractivity contribution in [2.45, 2.75) is 45.1 Å². The van der Waals surface area contributed by atoms with Gasteiger partial charge in [0.2, 0.25) is 11.8 Å². The summed E-state index contributed by atoms with van der Waals surface area (Å²) in [4.78, 5) is 29.1. The number of hydrogen-bond donors (Lipinski definition) is 1. The van der Waals surface area contributed by atoms with Gasteiger partial charge in [0.15, 0.2) is 0 Å². The fourth-order valence-electron chi connectivity index (χ4n) is 3.71. The number of amides is 2. The van der Waals surface area contributed by atoms with Crippen molar-refractivity contribution in [1.29, 1.82) is 0 Å². The zero-order valence-corrected chi connectivity index (χ0v) is 14.5. The van der Waals surface area contributed by atoms with E-state index in [9.17, 15) is 9.59 Å². The van der Waals surface area contributed by atoms with Crippen molar-refractivity contribution in [3.63, 3.8) is 0 Å². The Hall–Kier alpha value is -1.88. The van der Waals surface area contributed by atoms with Gasteiger partial charge in [-0.15, -0.1) is 0 Å². The third-order valence-corrected chi connectivity index (χ3v) is 5.03. The van der Waals surface area contributed by atoms with Crippen LogP contribution in [0.5, 0.6) is 0 Å². The molecule has 5 nitrogen and oxygen atoms in total. The first-order chi connectivity index (χ1) is 11.7. The topological polar surface area (TPSA) is 52.7 Å². The molecule has 24 heavy (non-hydrogen) atoms. The van der Waals surface area contributed by atoms with Crippen LogP contribution in [0.25, 0.3) is 0 Å². The van der Waals surface area contributed by atoms with Crippen LogP contribution in [0.4, 0.5) is 5.69 Å². The average molecular weight is 329 g/mol. The zero-order valence-electron chi connectivity index (χ0n) is 14.5. The maximum absolute atomic E-state index is 12.7. The molecule has 2 heterocycles. The van der Waals surface area contributed by atoms with E-state index in [1.54, 1.807) is 4.90 Å². The Morgan fingerprint density at radius 3 is 2.67 bits per heavy atom. The number of piperidine rings is 1. The molecule has 1 fully saturated rings. The van der Waals surface area contributed by atoms with E-state index in [4.69, 9.17) is 0 Å². The van der Waals surface area contributed by atoms with Crippen LogP contribution in [0.3, 0.4) is 0 Å². The SMILES string of the molecule is CCC(=O)N1c2ccccc2CC1C(=O)NCCN1CCCCC1. The second-order valence-corrected chi connectivity index (χ2v) is 6.66. The van der Waals surface area contributed by atoms with E-state index in [0.29, 0.717) is 19.4 Å². The molecule has 1 N–H and O–H groups in total. The Morgan fingerprint density at radius 1 is 1.17 bits per heavy atom. The highest BCUT2D eigenvalue weighted by molar-refractivity contribution is 6.03. The fourth-order valence-corrected chi connectivity index (χ4v) is 3.71. The lowest BCUT2D eigenvalue weighted by atomic mass is 10.1. The maximum atomic E-state index is 12.7. The summed E-state index contributed by atoms with van der Waals surface area (Å²) in [7, 11) is 0. The maximum Gasteiger partial charge on any atom is 0.243 e. The number of rotatable bonds is 5. The number of benzene rings is 1.